The number of hydrogen-bond donors (Lipinski definition) is 1. The fourth-order valence-electron chi connectivity index (χ4n) is 2.46. The minimum Gasteiger partial charge on any atom is -0.478 e. The first-order valence-corrected chi connectivity index (χ1v) is 8.76. The van der Waals surface area contributed by atoms with Crippen LogP contribution in [-0.4, -0.2) is 28.1 Å². The predicted octanol–water partition coefficient (Wildman–Crippen LogP) is 3.57. The Balaban J connectivity index is 1.85. The lowest BCUT2D eigenvalue weighted by Crippen LogP contribution is -2.31. The number of anilines is 1. The highest BCUT2D eigenvalue weighted by molar-refractivity contribution is 9.10. The van der Waals surface area contributed by atoms with Gasteiger partial charge in [-0.05, 0) is 36.4 Å². The summed E-state index contributed by atoms with van der Waals surface area (Å²) in [6, 6.07) is 13.4. The van der Waals surface area contributed by atoms with Crippen LogP contribution >= 0.6 is 27.7 Å². The molecule has 122 valence electrons. The molecule has 0 saturated carbocycles. The molecule has 1 N–H and O–H groups in total. The van der Waals surface area contributed by atoms with Gasteiger partial charge in [-0.2, -0.15) is 0 Å². The third-order valence-corrected chi connectivity index (χ3v) is 5.37. The molecule has 0 bridgehead atoms. The molecule has 5 nitrogen and oxygen atoms in total. The van der Waals surface area contributed by atoms with E-state index in [-0.39, 0.29) is 23.8 Å². The summed E-state index contributed by atoms with van der Waals surface area (Å²) in [5.41, 5.74) is 0.646. The molecule has 24 heavy (non-hydrogen) atoms. The van der Waals surface area contributed by atoms with Crippen molar-refractivity contribution in [3.63, 3.8) is 0 Å². The lowest BCUT2D eigenvalue weighted by Gasteiger charge is -2.15. The maximum atomic E-state index is 12.6. The minimum atomic E-state index is -1.06. The Morgan fingerprint density at radius 3 is 2.46 bits per heavy atom. The molecule has 2 aromatic rings. The normalized spacial score (nSPS) is 17.4. The van der Waals surface area contributed by atoms with Gasteiger partial charge in [-0.25, -0.2) is 9.69 Å². The lowest BCUT2D eigenvalue weighted by atomic mass is 10.2. The number of imide groups is 1. The van der Waals surface area contributed by atoms with Crippen LogP contribution < -0.4 is 4.90 Å². The number of thioether (sulfide) groups is 1. The van der Waals surface area contributed by atoms with Gasteiger partial charge in [-0.3, -0.25) is 9.59 Å². The first-order valence-electron chi connectivity index (χ1n) is 7.08. The van der Waals surface area contributed by atoms with Gasteiger partial charge < -0.3 is 5.11 Å². The lowest BCUT2D eigenvalue weighted by molar-refractivity contribution is -0.121. The second kappa shape index (κ2) is 6.78. The Hall–Kier alpha value is -2.12. The van der Waals surface area contributed by atoms with Gasteiger partial charge in [0, 0.05) is 15.8 Å². The SMILES string of the molecule is O=C(O)c1ccccc1S[C@H]1CC(=O)N(c2ccc(Br)cc2)C1=O. The van der Waals surface area contributed by atoms with Gasteiger partial charge in [0.25, 0.3) is 0 Å². The number of amides is 2. The van der Waals surface area contributed by atoms with Crippen LogP contribution in [0.3, 0.4) is 0 Å². The van der Waals surface area contributed by atoms with E-state index in [0.717, 1.165) is 21.1 Å². The Labute approximate surface area is 150 Å². The number of nitrogens with zero attached hydrogens (tertiary/aromatic N) is 1. The van der Waals surface area contributed by atoms with Crippen molar-refractivity contribution in [1.29, 1.82) is 0 Å². The maximum Gasteiger partial charge on any atom is 0.336 e. The summed E-state index contributed by atoms with van der Waals surface area (Å²) >= 11 is 4.43. The average Bonchev–Trinajstić information content (AvgIpc) is 2.83. The number of carbonyl (C=O) groups excluding carboxylic acids is 2. The van der Waals surface area contributed by atoms with Gasteiger partial charge in [0.05, 0.1) is 16.5 Å². The highest BCUT2D eigenvalue weighted by Crippen LogP contribution is 2.35. The van der Waals surface area contributed by atoms with Crippen molar-refractivity contribution < 1.29 is 19.5 Å². The third-order valence-electron chi connectivity index (χ3n) is 3.58. The topological polar surface area (TPSA) is 74.7 Å². The molecular formula is C17H12BrNO4S. The zero-order chi connectivity index (χ0) is 17.3. The quantitative estimate of drug-likeness (QED) is 0.786. The van der Waals surface area contributed by atoms with Gasteiger partial charge in [-0.1, -0.05) is 28.1 Å². The van der Waals surface area contributed by atoms with Crippen molar-refractivity contribution in [1.82, 2.24) is 0 Å². The average molecular weight is 406 g/mol. The Kier molecular flexibility index (Phi) is 4.73. The first kappa shape index (κ1) is 16.7. The molecular weight excluding hydrogens is 394 g/mol. The van der Waals surface area contributed by atoms with E-state index in [1.165, 1.54) is 6.07 Å². The molecule has 0 spiro atoms. The van der Waals surface area contributed by atoms with Crippen molar-refractivity contribution in [2.24, 2.45) is 0 Å². The number of aromatic carboxylic acids is 1. The van der Waals surface area contributed by atoms with E-state index >= 15 is 0 Å². The van der Waals surface area contributed by atoms with Crippen LogP contribution in [0.25, 0.3) is 0 Å². The van der Waals surface area contributed by atoms with E-state index in [1.807, 2.05) is 0 Å². The van der Waals surface area contributed by atoms with Crippen molar-refractivity contribution in [3.05, 3.63) is 58.6 Å². The number of carbonyl (C=O) groups is 3. The monoisotopic (exact) mass is 405 g/mol. The standard InChI is InChI=1S/C17H12BrNO4S/c18-10-5-7-11(8-6-10)19-15(20)9-14(16(19)21)24-13-4-2-1-3-12(13)17(22)23/h1-8,14H,9H2,(H,22,23)/t14-/m0/s1. The number of benzene rings is 2. The number of rotatable bonds is 4. The van der Waals surface area contributed by atoms with Crippen LogP contribution in [0.15, 0.2) is 57.9 Å². The van der Waals surface area contributed by atoms with Crippen LogP contribution in [0, 0.1) is 0 Å². The summed E-state index contributed by atoms with van der Waals surface area (Å²) in [5, 5.41) is 8.61. The predicted molar refractivity (Wildman–Crippen MR) is 94.3 cm³/mol. The summed E-state index contributed by atoms with van der Waals surface area (Å²) < 4.78 is 0.853. The number of carboxylic acids is 1. The highest BCUT2D eigenvalue weighted by Gasteiger charge is 2.40. The number of carboxylic acid groups (broad SMARTS) is 1. The van der Waals surface area contributed by atoms with Gasteiger partial charge in [0.1, 0.15) is 0 Å². The summed E-state index contributed by atoms with van der Waals surface area (Å²) in [6.45, 7) is 0. The molecule has 1 atom stereocenters. The van der Waals surface area contributed by atoms with Gasteiger partial charge in [-0.15, -0.1) is 11.8 Å². The molecule has 1 fully saturated rings. The summed E-state index contributed by atoms with van der Waals surface area (Å²) in [4.78, 5) is 37.8. The Morgan fingerprint density at radius 2 is 1.79 bits per heavy atom. The van der Waals surface area contributed by atoms with Crippen LogP contribution in [0.5, 0.6) is 0 Å². The molecule has 1 saturated heterocycles. The molecule has 2 amide bonds. The fourth-order valence-corrected chi connectivity index (χ4v) is 3.90. The van der Waals surface area contributed by atoms with Gasteiger partial charge in [0.2, 0.25) is 11.8 Å². The van der Waals surface area contributed by atoms with E-state index in [1.54, 1.807) is 42.5 Å². The second-order valence-corrected chi connectivity index (χ2v) is 7.32. The number of hydrogen-bond acceptors (Lipinski definition) is 4. The zero-order valence-electron chi connectivity index (χ0n) is 12.3. The summed E-state index contributed by atoms with van der Waals surface area (Å²) in [5.74, 6) is -1.67. The number of halogens is 1. The van der Waals surface area contributed by atoms with Crippen LogP contribution in [0.4, 0.5) is 5.69 Å². The maximum absolute atomic E-state index is 12.6. The molecule has 0 aliphatic carbocycles. The Morgan fingerprint density at radius 1 is 1.12 bits per heavy atom. The Bertz CT molecular complexity index is 822. The molecule has 2 aromatic carbocycles. The molecule has 1 heterocycles. The largest absolute Gasteiger partial charge is 0.478 e. The first-order chi connectivity index (χ1) is 11.5. The second-order valence-electron chi connectivity index (χ2n) is 5.16. The van der Waals surface area contributed by atoms with Crippen LogP contribution in [-0.2, 0) is 9.59 Å². The molecule has 0 unspecified atom stereocenters. The molecule has 1 aliphatic heterocycles. The van der Waals surface area contributed by atoms with Crippen LogP contribution in [0.1, 0.15) is 16.8 Å². The fraction of sp³-hybridized carbons (Fsp3) is 0.118. The van der Waals surface area contributed by atoms with Crippen LogP contribution in [0.2, 0.25) is 0 Å². The molecule has 0 radical (unpaired) electrons. The van der Waals surface area contributed by atoms with Crippen molar-refractivity contribution in [3.8, 4) is 0 Å². The minimum absolute atomic E-state index is 0.0491. The summed E-state index contributed by atoms with van der Waals surface area (Å²) in [7, 11) is 0. The van der Waals surface area contributed by atoms with E-state index in [2.05, 4.69) is 15.9 Å². The third kappa shape index (κ3) is 3.22. The van der Waals surface area contributed by atoms with E-state index in [0.29, 0.717) is 10.6 Å². The van der Waals surface area contributed by atoms with Crippen molar-refractivity contribution in [2.45, 2.75) is 16.6 Å². The van der Waals surface area contributed by atoms with E-state index in [9.17, 15) is 19.5 Å². The van der Waals surface area contributed by atoms with Gasteiger partial charge >= 0.3 is 5.97 Å². The molecule has 3 rings (SSSR count). The molecule has 0 aromatic heterocycles. The molecule has 1 aliphatic rings. The van der Waals surface area contributed by atoms with Crippen molar-refractivity contribution in [2.75, 3.05) is 4.90 Å². The molecule has 7 heteroatoms. The smallest absolute Gasteiger partial charge is 0.336 e. The van der Waals surface area contributed by atoms with E-state index < -0.39 is 11.2 Å². The summed E-state index contributed by atoms with van der Waals surface area (Å²) in [6.07, 6.45) is 0.0491. The highest BCUT2D eigenvalue weighted by atomic mass is 79.9. The van der Waals surface area contributed by atoms with E-state index in [4.69, 9.17) is 0 Å². The van der Waals surface area contributed by atoms with Gasteiger partial charge in [0.15, 0.2) is 0 Å². The zero-order valence-corrected chi connectivity index (χ0v) is 14.7. The van der Waals surface area contributed by atoms with Crippen molar-refractivity contribution >= 4 is 51.2 Å².